The van der Waals surface area contributed by atoms with E-state index < -0.39 is 0 Å². The van der Waals surface area contributed by atoms with Crippen LogP contribution in [0.3, 0.4) is 0 Å². The van der Waals surface area contributed by atoms with Crippen LogP contribution in [-0.2, 0) is 0 Å². The normalized spacial score (nSPS) is 39.3. The molecule has 4 rings (SSSR count). The van der Waals surface area contributed by atoms with Crippen LogP contribution in [0.25, 0.3) is 0 Å². The van der Waals surface area contributed by atoms with Crippen molar-refractivity contribution < 1.29 is 9.84 Å². The van der Waals surface area contributed by atoms with Crippen LogP contribution in [0.15, 0.2) is 24.3 Å². The zero-order valence-electron chi connectivity index (χ0n) is 11.3. The van der Waals surface area contributed by atoms with Gasteiger partial charge in [-0.15, -0.1) is 0 Å². The first-order chi connectivity index (χ1) is 9.31. The monoisotopic (exact) mass is 258 g/mol. The second-order valence-electron chi connectivity index (χ2n) is 6.85. The molecule has 2 aliphatic carbocycles. The van der Waals surface area contributed by atoms with Gasteiger partial charge in [0.15, 0.2) is 0 Å². The number of aliphatic hydroxyl groups is 1. The summed E-state index contributed by atoms with van der Waals surface area (Å²) < 4.78 is 5.81. The minimum Gasteiger partial charge on any atom is -0.493 e. The zero-order chi connectivity index (χ0) is 12.9. The van der Waals surface area contributed by atoms with Gasteiger partial charge in [-0.25, -0.2) is 0 Å². The Balaban J connectivity index is 1.59. The van der Waals surface area contributed by atoms with Crippen molar-refractivity contribution >= 4 is 0 Å². The van der Waals surface area contributed by atoms with Gasteiger partial charge in [0.25, 0.3) is 0 Å². The van der Waals surface area contributed by atoms with Gasteiger partial charge >= 0.3 is 0 Å². The number of rotatable bonds is 3. The summed E-state index contributed by atoms with van der Waals surface area (Å²) in [6.07, 6.45) is 6.44. The Morgan fingerprint density at radius 2 is 2.16 bits per heavy atom. The summed E-state index contributed by atoms with van der Waals surface area (Å²) in [5.41, 5.74) is 1.55. The van der Waals surface area contributed by atoms with E-state index in [0.29, 0.717) is 12.5 Å². The first-order valence-corrected chi connectivity index (χ1v) is 7.63. The standard InChI is InChI=1S/C17H22O2/c18-11-17(8-12-5-6-14(17)7-12)9-13-10-19-16-4-2-1-3-15(13)16/h1-4,12-14,18H,5-11H2. The maximum Gasteiger partial charge on any atom is 0.122 e. The summed E-state index contributed by atoms with van der Waals surface area (Å²) in [5.74, 6) is 3.19. The first-order valence-electron chi connectivity index (χ1n) is 7.63. The van der Waals surface area contributed by atoms with Gasteiger partial charge in [0.05, 0.1) is 6.61 Å². The predicted octanol–water partition coefficient (Wildman–Crippen LogP) is 3.35. The van der Waals surface area contributed by atoms with E-state index in [1.54, 1.807) is 0 Å². The van der Waals surface area contributed by atoms with Crippen LogP contribution in [0.2, 0.25) is 0 Å². The third kappa shape index (κ3) is 1.73. The lowest BCUT2D eigenvalue weighted by Crippen LogP contribution is -2.34. The Morgan fingerprint density at radius 3 is 2.89 bits per heavy atom. The molecule has 19 heavy (non-hydrogen) atoms. The van der Waals surface area contributed by atoms with E-state index in [9.17, 15) is 5.11 Å². The molecule has 102 valence electrons. The van der Waals surface area contributed by atoms with E-state index in [2.05, 4.69) is 18.2 Å². The molecule has 2 bridgehead atoms. The van der Waals surface area contributed by atoms with Gasteiger partial charge in [-0.2, -0.15) is 0 Å². The molecule has 4 atom stereocenters. The third-order valence-electron chi connectivity index (χ3n) is 5.87. The van der Waals surface area contributed by atoms with Crippen molar-refractivity contribution in [3.63, 3.8) is 0 Å². The lowest BCUT2D eigenvalue weighted by atomic mass is 9.68. The van der Waals surface area contributed by atoms with Crippen molar-refractivity contribution in [3.05, 3.63) is 29.8 Å². The van der Waals surface area contributed by atoms with E-state index in [-0.39, 0.29) is 5.41 Å². The smallest absolute Gasteiger partial charge is 0.122 e. The van der Waals surface area contributed by atoms with Crippen molar-refractivity contribution in [1.29, 1.82) is 0 Å². The molecule has 2 heteroatoms. The number of benzene rings is 1. The molecule has 0 saturated heterocycles. The Morgan fingerprint density at radius 1 is 1.26 bits per heavy atom. The number of para-hydroxylation sites is 1. The lowest BCUT2D eigenvalue weighted by molar-refractivity contribution is 0.0468. The molecule has 4 unspecified atom stereocenters. The van der Waals surface area contributed by atoms with Gasteiger partial charge in [-0.05, 0) is 49.0 Å². The minimum absolute atomic E-state index is 0.189. The number of aliphatic hydroxyl groups excluding tert-OH is 1. The Hall–Kier alpha value is -1.02. The van der Waals surface area contributed by atoms with Gasteiger partial charge in [-0.3, -0.25) is 0 Å². The zero-order valence-corrected chi connectivity index (χ0v) is 11.3. The maximum atomic E-state index is 10.0. The third-order valence-corrected chi connectivity index (χ3v) is 5.87. The highest BCUT2D eigenvalue weighted by Gasteiger charge is 2.51. The van der Waals surface area contributed by atoms with Gasteiger partial charge < -0.3 is 9.84 Å². The molecule has 0 spiro atoms. The van der Waals surface area contributed by atoms with Gasteiger partial charge in [0, 0.05) is 18.1 Å². The molecule has 1 heterocycles. The van der Waals surface area contributed by atoms with Crippen LogP contribution >= 0.6 is 0 Å². The van der Waals surface area contributed by atoms with Crippen LogP contribution in [0, 0.1) is 17.3 Å². The largest absolute Gasteiger partial charge is 0.493 e. The highest BCUT2D eigenvalue weighted by molar-refractivity contribution is 5.39. The summed E-state index contributed by atoms with van der Waals surface area (Å²) in [4.78, 5) is 0. The molecule has 1 N–H and O–H groups in total. The number of fused-ring (bicyclic) bond motifs is 3. The molecular weight excluding hydrogens is 236 g/mol. The predicted molar refractivity (Wildman–Crippen MR) is 74.3 cm³/mol. The van der Waals surface area contributed by atoms with Gasteiger partial charge in [-0.1, -0.05) is 24.6 Å². The Labute approximate surface area is 114 Å². The summed E-state index contributed by atoms with van der Waals surface area (Å²) in [5, 5.41) is 10.0. The average Bonchev–Trinajstić information content (AvgIpc) is 3.14. The average molecular weight is 258 g/mol. The van der Waals surface area contributed by atoms with Crippen molar-refractivity contribution in [3.8, 4) is 5.75 Å². The van der Waals surface area contributed by atoms with Crippen molar-refractivity contribution in [2.24, 2.45) is 17.3 Å². The van der Waals surface area contributed by atoms with Crippen molar-refractivity contribution in [1.82, 2.24) is 0 Å². The van der Waals surface area contributed by atoms with Gasteiger partial charge in [0.1, 0.15) is 5.75 Å². The van der Waals surface area contributed by atoms with Crippen LogP contribution in [-0.4, -0.2) is 18.3 Å². The van der Waals surface area contributed by atoms with Crippen LogP contribution in [0.5, 0.6) is 5.75 Å². The van der Waals surface area contributed by atoms with E-state index >= 15 is 0 Å². The summed E-state index contributed by atoms with van der Waals surface area (Å²) >= 11 is 0. The fourth-order valence-corrected chi connectivity index (χ4v) is 4.96. The fourth-order valence-electron chi connectivity index (χ4n) is 4.96. The molecule has 1 aliphatic heterocycles. The number of hydrogen-bond acceptors (Lipinski definition) is 2. The molecule has 3 aliphatic rings. The number of hydrogen-bond donors (Lipinski definition) is 1. The van der Waals surface area contributed by atoms with E-state index in [1.165, 1.54) is 31.2 Å². The molecule has 2 nitrogen and oxygen atoms in total. The topological polar surface area (TPSA) is 29.5 Å². The molecule has 1 aromatic rings. The second-order valence-corrected chi connectivity index (χ2v) is 6.85. The molecule has 1 aromatic carbocycles. The summed E-state index contributed by atoms with van der Waals surface area (Å²) in [7, 11) is 0. The molecule has 2 fully saturated rings. The Kier molecular flexibility index (Phi) is 2.63. The molecular formula is C17H22O2. The van der Waals surface area contributed by atoms with Gasteiger partial charge in [0.2, 0.25) is 0 Å². The summed E-state index contributed by atoms with van der Waals surface area (Å²) in [6.45, 7) is 1.17. The minimum atomic E-state index is 0.189. The highest BCUT2D eigenvalue weighted by Crippen LogP contribution is 2.59. The maximum absolute atomic E-state index is 10.0. The molecule has 2 saturated carbocycles. The molecule has 0 aromatic heterocycles. The quantitative estimate of drug-likeness (QED) is 0.901. The van der Waals surface area contributed by atoms with Crippen molar-refractivity contribution in [2.75, 3.05) is 13.2 Å². The van der Waals surface area contributed by atoms with E-state index in [1.807, 2.05) is 6.07 Å². The summed E-state index contributed by atoms with van der Waals surface area (Å²) in [6, 6.07) is 8.42. The van der Waals surface area contributed by atoms with Crippen LogP contribution in [0.4, 0.5) is 0 Å². The highest BCUT2D eigenvalue weighted by atomic mass is 16.5. The Bertz CT molecular complexity index is 484. The first kappa shape index (κ1) is 11.8. The lowest BCUT2D eigenvalue weighted by Gasteiger charge is -2.38. The van der Waals surface area contributed by atoms with E-state index in [0.717, 1.165) is 30.6 Å². The second kappa shape index (κ2) is 4.24. The van der Waals surface area contributed by atoms with E-state index in [4.69, 9.17) is 4.74 Å². The van der Waals surface area contributed by atoms with Crippen molar-refractivity contribution in [2.45, 2.75) is 38.0 Å². The number of ether oxygens (including phenoxy) is 1. The molecule has 0 amide bonds. The fraction of sp³-hybridized carbons (Fsp3) is 0.647. The molecule has 0 radical (unpaired) electrons. The van der Waals surface area contributed by atoms with Crippen LogP contribution < -0.4 is 4.74 Å². The SMILES string of the molecule is OCC1(CC2COc3ccccc32)CC2CCC1C2. The van der Waals surface area contributed by atoms with Crippen LogP contribution in [0.1, 0.15) is 43.6 Å².